The normalized spacial score (nSPS) is 15.3. The molecule has 4 nitrogen and oxygen atoms in total. The van der Waals surface area contributed by atoms with Gasteiger partial charge in [-0.15, -0.1) is 0 Å². The summed E-state index contributed by atoms with van der Waals surface area (Å²) in [5, 5.41) is 0.343. The van der Waals surface area contributed by atoms with E-state index in [4.69, 9.17) is 11.6 Å². The van der Waals surface area contributed by atoms with E-state index in [9.17, 15) is 13.6 Å². The third-order valence-corrected chi connectivity index (χ3v) is 5.49. The van der Waals surface area contributed by atoms with Crippen molar-refractivity contribution in [2.24, 2.45) is 0 Å². The quantitative estimate of drug-likeness (QED) is 0.331. The molecule has 1 atom stereocenters. The van der Waals surface area contributed by atoms with Gasteiger partial charge in [0.2, 0.25) is 0 Å². The fraction of sp³-hybridized carbons (Fsp3) is 0.389. The molecule has 2 aromatic rings. The van der Waals surface area contributed by atoms with Gasteiger partial charge in [0, 0.05) is 35.6 Å². The molecule has 0 aliphatic carbocycles. The monoisotopic (exact) mass is 491 g/mol. The molecule has 1 unspecified atom stereocenters. The van der Waals surface area contributed by atoms with Crippen LogP contribution in [-0.4, -0.2) is 24.7 Å². The fourth-order valence-corrected chi connectivity index (χ4v) is 3.57. The van der Waals surface area contributed by atoms with E-state index < -0.39 is 3.93 Å². The number of aryl methyl sites for hydroxylation is 2. The number of rotatable bonds is 5. The number of aromatic nitrogens is 2. The largest absolute Gasteiger partial charge is 0.327 e. The fourth-order valence-electron chi connectivity index (χ4n) is 3.08. The van der Waals surface area contributed by atoms with Crippen LogP contribution in [0.2, 0.25) is 5.15 Å². The highest BCUT2D eigenvalue weighted by atomic mass is 127. The second-order valence-corrected chi connectivity index (χ2v) is 8.32. The summed E-state index contributed by atoms with van der Waals surface area (Å²) < 4.78 is 23.4. The average Bonchev–Trinajstić information content (AvgIpc) is 2.91. The van der Waals surface area contributed by atoms with Crippen LogP contribution < -0.4 is 0 Å². The van der Waals surface area contributed by atoms with Crippen molar-refractivity contribution in [1.29, 1.82) is 0 Å². The summed E-state index contributed by atoms with van der Waals surface area (Å²) in [6.07, 6.45) is 3.15. The minimum Gasteiger partial charge on any atom is -0.327 e. The molecule has 0 radical (unpaired) electrons. The predicted molar refractivity (Wildman–Crippen MR) is 104 cm³/mol. The number of amides is 1. The first-order chi connectivity index (χ1) is 12.2. The Balaban J connectivity index is 1.79. The van der Waals surface area contributed by atoms with E-state index in [1.54, 1.807) is 17.2 Å². The van der Waals surface area contributed by atoms with Gasteiger partial charge in [0.1, 0.15) is 5.15 Å². The van der Waals surface area contributed by atoms with E-state index >= 15 is 0 Å². The molecular formula is C18H17ClF2IN3O. The molecule has 26 heavy (non-hydrogen) atoms. The summed E-state index contributed by atoms with van der Waals surface area (Å²) in [6, 6.07) is 3.37. The maximum atomic E-state index is 13.1. The molecule has 0 bridgehead atoms. The number of halogens is 4. The number of fused-ring (bicyclic) bond motifs is 1. The Hall–Kier alpha value is -1.35. The average molecular weight is 492 g/mol. The van der Waals surface area contributed by atoms with Gasteiger partial charge < -0.3 is 4.90 Å². The van der Waals surface area contributed by atoms with E-state index in [0.717, 1.165) is 39.3 Å². The summed E-state index contributed by atoms with van der Waals surface area (Å²) in [4.78, 5) is 22.8. The molecule has 0 fully saturated rings. The third-order valence-electron chi connectivity index (χ3n) is 4.63. The summed E-state index contributed by atoms with van der Waals surface area (Å²) in [5.74, 6) is -0.0944. The molecule has 1 amide bonds. The van der Waals surface area contributed by atoms with Gasteiger partial charge in [0.15, 0.2) is 0 Å². The SMILES string of the molecule is Cc1cc(C(C)N2Cc3c(ccnc3Cl)C2=O)cnc1CCC(F)(F)I. The molecule has 8 heteroatoms. The van der Waals surface area contributed by atoms with Gasteiger partial charge in [0.25, 0.3) is 9.84 Å². The smallest absolute Gasteiger partial charge is 0.296 e. The van der Waals surface area contributed by atoms with Crippen LogP contribution in [0.4, 0.5) is 8.78 Å². The number of hydrogen-bond acceptors (Lipinski definition) is 3. The Morgan fingerprint density at radius 1 is 1.42 bits per heavy atom. The molecule has 0 saturated heterocycles. The molecule has 0 saturated carbocycles. The van der Waals surface area contributed by atoms with Crippen LogP contribution in [0.3, 0.4) is 0 Å². The Labute approximate surface area is 169 Å². The van der Waals surface area contributed by atoms with Crippen molar-refractivity contribution in [2.75, 3.05) is 0 Å². The van der Waals surface area contributed by atoms with Crippen molar-refractivity contribution in [1.82, 2.24) is 14.9 Å². The minimum atomic E-state index is -2.74. The topological polar surface area (TPSA) is 46.1 Å². The number of carbonyl (C=O) groups is 1. The van der Waals surface area contributed by atoms with Crippen molar-refractivity contribution < 1.29 is 13.6 Å². The van der Waals surface area contributed by atoms with Crippen molar-refractivity contribution in [3.05, 3.63) is 57.6 Å². The first kappa shape index (κ1) is 19.4. The van der Waals surface area contributed by atoms with Crippen LogP contribution in [0, 0.1) is 6.92 Å². The predicted octanol–water partition coefficient (Wildman–Crippen LogP) is 5.12. The first-order valence-corrected chi connectivity index (χ1v) is 9.59. The van der Waals surface area contributed by atoms with Crippen LogP contribution in [0.25, 0.3) is 0 Å². The van der Waals surface area contributed by atoms with E-state index in [1.165, 1.54) is 6.20 Å². The van der Waals surface area contributed by atoms with E-state index in [2.05, 4.69) is 9.97 Å². The van der Waals surface area contributed by atoms with Gasteiger partial charge in [-0.2, -0.15) is 8.78 Å². The second-order valence-electron chi connectivity index (χ2n) is 6.38. The Morgan fingerprint density at radius 3 is 2.77 bits per heavy atom. The van der Waals surface area contributed by atoms with Crippen molar-refractivity contribution in [3.8, 4) is 0 Å². The summed E-state index contributed by atoms with van der Waals surface area (Å²) in [5.41, 5.74) is 3.66. The van der Waals surface area contributed by atoms with Crippen molar-refractivity contribution in [3.63, 3.8) is 0 Å². The lowest BCUT2D eigenvalue weighted by molar-refractivity contribution is 0.0715. The second kappa shape index (κ2) is 7.34. The third kappa shape index (κ3) is 3.98. The highest BCUT2D eigenvalue weighted by molar-refractivity contribution is 14.1. The molecular weight excluding hydrogens is 475 g/mol. The van der Waals surface area contributed by atoms with Gasteiger partial charge in [-0.3, -0.25) is 9.78 Å². The Kier molecular flexibility index (Phi) is 5.48. The summed E-state index contributed by atoms with van der Waals surface area (Å²) >= 11 is 7.25. The highest BCUT2D eigenvalue weighted by Crippen LogP contribution is 2.34. The van der Waals surface area contributed by atoms with Gasteiger partial charge in [-0.05, 0) is 60.1 Å². The number of hydrogen-bond donors (Lipinski definition) is 0. The lowest BCUT2D eigenvalue weighted by Crippen LogP contribution is -2.27. The first-order valence-electron chi connectivity index (χ1n) is 8.14. The van der Waals surface area contributed by atoms with E-state index in [-0.39, 0.29) is 24.8 Å². The summed E-state index contributed by atoms with van der Waals surface area (Å²) in [7, 11) is 0. The highest BCUT2D eigenvalue weighted by Gasteiger charge is 2.33. The van der Waals surface area contributed by atoms with Gasteiger partial charge in [-0.25, -0.2) is 4.98 Å². The van der Waals surface area contributed by atoms with Gasteiger partial charge in [-0.1, -0.05) is 17.7 Å². The zero-order chi connectivity index (χ0) is 19.1. The lowest BCUT2D eigenvalue weighted by atomic mass is 10.0. The number of nitrogens with zero attached hydrogens (tertiary/aromatic N) is 3. The minimum absolute atomic E-state index is 0.0944. The standard InChI is InChI=1S/C18H17ClF2IN3O/c1-10-7-12(8-24-15(10)3-5-18(20,21)22)11(2)25-9-14-13(17(25)26)4-6-23-16(14)19/h4,6-8,11H,3,5,9H2,1-2H3. The molecule has 0 aromatic carbocycles. The molecule has 3 rings (SSSR count). The number of alkyl halides is 3. The van der Waals surface area contributed by atoms with Crippen LogP contribution in [0.15, 0.2) is 24.5 Å². The van der Waals surface area contributed by atoms with Crippen LogP contribution >= 0.6 is 34.2 Å². The molecule has 3 heterocycles. The zero-order valence-electron chi connectivity index (χ0n) is 14.3. The maximum absolute atomic E-state index is 13.1. The summed E-state index contributed by atoms with van der Waals surface area (Å²) in [6.45, 7) is 4.16. The molecule has 1 aliphatic rings. The molecule has 0 spiro atoms. The molecule has 1 aliphatic heterocycles. The van der Waals surface area contributed by atoms with E-state index in [0.29, 0.717) is 23.0 Å². The Morgan fingerprint density at radius 2 is 2.15 bits per heavy atom. The van der Waals surface area contributed by atoms with Crippen molar-refractivity contribution >= 4 is 40.1 Å². The van der Waals surface area contributed by atoms with Crippen molar-refractivity contribution in [2.45, 2.75) is 43.2 Å². The van der Waals surface area contributed by atoms with Crippen LogP contribution in [-0.2, 0) is 13.0 Å². The van der Waals surface area contributed by atoms with Crippen LogP contribution in [0.1, 0.15) is 52.1 Å². The lowest BCUT2D eigenvalue weighted by Gasteiger charge is -2.25. The number of pyridine rings is 2. The zero-order valence-corrected chi connectivity index (χ0v) is 17.2. The van der Waals surface area contributed by atoms with Gasteiger partial charge >= 0.3 is 0 Å². The molecule has 2 aromatic heterocycles. The van der Waals surface area contributed by atoms with E-state index in [1.807, 2.05) is 19.9 Å². The Bertz CT molecular complexity index is 857. The van der Waals surface area contributed by atoms with Crippen LogP contribution in [0.5, 0.6) is 0 Å². The number of carbonyl (C=O) groups excluding carboxylic acids is 1. The van der Waals surface area contributed by atoms with Gasteiger partial charge in [0.05, 0.1) is 12.6 Å². The molecule has 0 N–H and O–H groups in total. The molecule has 138 valence electrons. The maximum Gasteiger partial charge on any atom is 0.296 e.